The van der Waals surface area contributed by atoms with Crippen LogP contribution in [0.25, 0.3) is 0 Å². The summed E-state index contributed by atoms with van der Waals surface area (Å²) >= 11 is 0. The Morgan fingerprint density at radius 3 is 1.33 bits per heavy atom. The van der Waals surface area contributed by atoms with Crippen molar-refractivity contribution in [3.63, 3.8) is 0 Å². The molecule has 0 fully saturated rings. The molecule has 0 radical (unpaired) electrons. The summed E-state index contributed by atoms with van der Waals surface area (Å²) in [4.78, 5) is -0.717. The van der Waals surface area contributed by atoms with Gasteiger partial charge in [0.05, 0.1) is 20.6 Å². The summed E-state index contributed by atoms with van der Waals surface area (Å²) in [6.07, 6.45) is 0. The normalized spacial score (nSPS) is 11.1. The van der Waals surface area contributed by atoms with E-state index in [0.717, 1.165) is 12.1 Å². The van der Waals surface area contributed by atoms with Gasteiger partial charge in [-0.25, -0.2) is 4.21 Å². The van der Waals surface area contributed by atoms with E-state index in [1.54, 1.807) is 0 Å². The first kappa shape index (κ1) is 17.7. The fourth-order valence-corrected chi connectivity index (χ4v) is 3.69. The van der Waals surface area contributed by atoms with Gasteiger partial charge < -0.3 is 42.1 Å². The molecular formula is C14H16N2O7S. The highest BCUT2D eigenvalue weighted by molar-refractivity contribution is 7.85. The van der Waals surface area contributed by atoms with E-state index in [-0.39, 0.29) is 34.0 Å². The zero-order valence-corrected chi connectivity index (χ0v) is 13.0. The number of aromatic hydroxyl groups is 6. The van der Waals surface area contributed by atoms with E-state index in [4.69, 9.17) is 11.5 Å². The summed E-state index contributed by atoms with van der Waals surface area (Å²) in [7, 11) is -2.33. The molecule has 0 heterocycles. The van der Waals surface area contributed by atoms with Crippen LogP contribution in [-0.2, 0) is 23.9 Å². The summed E-state index contributed by atoms with van der Waals surface area (Å²) in [5.74, 6) is -4.91. The highest BCUT2D eigenvalue weighted by atomic mass is 32.2. The minimum Gasteiger partial charge on any atom is -0.504 e. The van der Waals surface area contributed by atoms with Crippen LogP contribution in [0.2, 0.25) is 0 Å². The van der Waals surface area contributed by atoms with Crippen molar-refractivity contribution in [2.75, 3.05) is 0 Å². The van der Waals surface area contributed by atoms with Crippen molar-refractivity contribution >= 4 is 10.8 Å². The van der Waals surface area contributed by atoms with Crippen LogP contribution in [0.1, 0.15) is 11.1 Å². The van der Waals surface area contributed by atoms with Crippen molar-refractivity contribution in [2.24, 2.45) is 11.5 Å². The lowest BCUT2D eigenvalue weighted by molar-refractivity contribution is 0.358. The molecule has 2 rings (SSSR count). The number of hydrogen-bond donors (Lipinski definition) is 8. The molecule has 0 unspecified atom stereocenters. The van der Waals surface area contributed by atoms with Crippen LogP contribution in [0.5, 0.6) is 34.5 Å². The molecular weight excluding hydrogens is 340 g/mol. The summed E-state index contributed by atoms with van der Waals surface area (Å²) in [6, 6.07) is 2.03. The van der Waals surface area contributed by atoms with Crippen molar-refractivity contribution in [3.05, 3.63) is 23.3 Å². The van der Waals surface area contributed by atoms with E-state index in [1.807, 2.05) is 0 Å². The molecule has 0 amide bonds. The highest BCUT2D eigenvalue weighted by Gasteiger charge is 2.28. The molecule has 2 aromatic carbocycles. The van der Waals surface area contributed by atoms with Crippen molar-refractivity contribution in [3.8, 4) is 34.5 Å². The maximum atomic E-state index is 12.9. The van der Waals surface area contributed by atoms with E-state index < -0.39 is 45.3 Å². The minimum atomic E-state index is -2.33. The summed E-state index contributed by atoms with van der Waals surface area (Å²) < 4.78 is 12.9. The predicted octanol–water partition coefficient (Wildman–Crippen LogP) is 0.00430. The molecule has 24 heavy (non-hydrogen) atoms. The Hall–Kier alpha value is -2.69. The van der Waals surface area contributed by atoms with Gasteiger partial charge in [0.15, 0.2) is 23.0 Å². The average Bonchev–Trinajstić information content (AvgIpc) is 2.56. The molecule has 9 nitrogen and oxygen atoms in total. The predicted molar refractivity (Wildman–Crippen MR) is 83.3 cm³/mol. The average molecular weight is 356 g/mol. The quantitative estimate of drug-likeness (QED) is 0.348. The molecule has 0 aliphatic carbocycles. The van der Waals surface area contributed by atoms with Crippen LogP contribution < -0.4 is 11.5 Å². The van der Waals surface area contributed by atoms with E-state index in [9.17, 15) is 34.8 Å². The van der Waals surface area contributed by atoms with E-state index in [2.05, 4.69) is 0 Å². The standard InChI is InChI=1S/C14H16N2O7S/c15-3-5-1-7(17)9(19)11(21)13(5)24(23)14-6(4-16)2-8(18)10(20)12(14)22/h1-2,17-22H,3-4,15-16H2. The first-order valence-corrected chi connectivity index (χ1v) is 7.74. The monoisotopic (exact) mass is 356 g/mol. The third kappa shape index (κ3) is 2.66. The summed E-state index contributed by atoms with van der Waals surface area (Å²) in [5, 5.41) is 58.4. The van der Waals surface area contributed by atoms with Gasteiger partial charge in [-0.05, 0) is 23.3 Å². The van der Waals surface area contributed by atoms with Crippen LogP contribution in [0.4, 0.5) is 0 Å². The van der Waals surface area contributed by atoms with E-state index >= 15 is 0 Å². The van der Waals surface area contributed by atoms with Gasteiger partial charge in [0.25, 0.3) is 0 Å². The molecule has 0 bridgehead atoms. The smallest absolute Gasteiger partial charge is 0.201 e. The number of rotatable bonds is 4. The lowest BCUT2D eigenvalue weighted by atomic mass is 10.2. The van der Waals surface area contributed by atoms with Crippen LogP contribution >= 0.6 is 0 Å². The van der Waals surface area contributed by atoms with Crippen LogP contribution in [0.15, 0.2) is 21.9 Å². The Bertz CT molecular complexity index is 771. The first-order chi connectivity index (χ1) is 11.2. The molecule has 0 spiro atoms. The van der Waals surface area contributed by atoms with Crippen LogP contribution in [0, 0.1) is 0 Å². The van der Waals surface area contributed by atoms with Gasteiger partial charge >= 0.3 is 0 Å². The molecule has 0 aliphatic heterocycles. The lowest BCUT2D eigenvalue weighted by Crippen LogP contribution is -2.08. The van der Waals surface area contributed by atoms with Crippen molar-refractivity contribution in [1.29, 1.82) is 0 Å². The molecule has 10 heteroatoms. The molecule has 0 aromatic heterocycles. The van der Waals surface area contributed by atoms with Gasteiger partial charge in [-0.15, -0.1) is 0 Å². The van der Waals surface area contributed by atoms with Crippen molar-refractivity contribution in [2.45, 2.75) is 22.9 Å². The number of benzene rings is 2. The number of phenols is 6. The third-order valence-electron chi connectivity index (χ3n) is 3.38. The van der Waals surface area contributed by atoms with Gasteiger partial charge in [-0.1, -0.05) is 0 Å². The van der Waals surface area contributed by atoms with Crippen molar-refractivity contribution in [1.82, 2.24) is 0 Å². The second-order valence-corrected chi connectivity index (χ2v) is 6.19. The van der Waals surface area contributed by atoms with Crippen molar-refractivity contribution < 1.29 is 34.8 Å². The molecule has 10 N–H and O–H groups in total. The molecule has 0 saturated heterocycles. The Morgan fingerprint density at radius 1 is 0.708 bits per heavy atom. The topological polar surface area (TPSA) is 190 Å². The number of nitrogens with two attached hydrogens (primary N) is 2. The van der Waals surface area contributed by atoms with Gasteiger partial charge in [0.2, 0.25) is 11.5 Å². The van der Waals surface area contributed by atoms with E-state index in [0.29, 0.717) is 0 Å². The number of phenolic OH excluding ortho intramolecular Hbond substituents is 6. The molecule has 2 aromatic rings. The van der Waals surface area contributed by atoms with Crippen LogP contribution in [0.3, 0.4) is 0 Å². The highest BCUT2D eigenvalue weighted by Crippen LogP contribution is 2.47. The fraction of sp³-hybridized carbons (Fsp3) is 0.143. The summed E-state index contributed by atoms with van der Waals surface area (Å²) in [5.41, 5.74) is 11.1. The second-order valence-electron chi connectivity index (χ2n) is 4.84. The largest absolute Gasteiger partial charge is 0.504 e. The van der Waals surface area contributed by atoms with Gasteiger partial charge in [0, 0.05) is 13.1 Å². The molecule has 130 valence electrons. The minimum absolute atomic E-state index is 0.0380. The zero-order chi connectivity index (χ0) is 18.2. The van der Waals surface area contributed by atoms with E-state index in [1.165, 1.54) is 0 Å². The Balaban J connectivity index is 2.80. The van der Waals surface area contributed by atoms with Crippen LogP contribution in [-0.4, -0.2) is 34.8 Å². The third-order valence-corrected chi connectivity index (χ3v) is 5.03. The van der Waals surface area contributed by atoms with Gasteiger partial charge in [-0.3, -0.25) is 0 Å². The van der Waals surface area contributed by atoms with Gasteiger partial charge in [-0.2, -0.15) is 0 Å². The Labute approximate surface area is 138 Å². The zero-order valence-electron chi connectivity index (χ0n) is 12.2. The number of hydrogen-bond acceptors (Lipinski definition) is 9. The SMILES string of the molecule is NCc1cc(O)c(O)c(O)c1S(=O)c1c(CN)cc(O)c(O)c1O. The lowest BCUT2D eigenvalue weighted by Gasteiger charge is -2.16. The van der Waals surface area contributed by atoms with Gasteiger partial charge in [0.1, 0.15) is 0 Å². The molecule has 0 atom stereocenters. The Morgan fingerprint density at radius 2 is 1.04 bits per heavy atom. The molecule has 0 saturated carbocycles. The maximum absolute atomic E-state index is 12.9. The Kier molecular flexibility index (Phi) is 4.73. The summed E-state index contributed by atoms with van der Waals surface area (Å²) in [6.45, 7) is -0.490. The fourth-order valence-electron chi connectivity index (χ4n) is 2.18. The first-order valence-electron chi connectivity index (χ1n) is 6.59. The maximum Gasteiger partial charge on any atom is 0.201 e. The molecule has 0 aliphatic rings. The second kappa shape index (κ2) is 6.43.